The van der Waals surface area contributed by atoms with Crippen LogP contribution in [0.25, 0.3) is 10.9 Å². The van der Waals surface area contributed by atoms with Crippen molar-refractivity contribution in [1.82, 2.24) is 15.0 Å². The molecule has 2 heterocycles. The van der Waals surface area contributed by atoms with E-state index in [1.165, 1.54) is 12.6 Å². The quantitative estimate of drug-likeness (QED) is 0.467. The summed E-state index contributed by atoms with van der Waals surface area (Å²) in [7, 11) is -1.74. The van der Waals surface area contributed by atoms with E-state index in [0.717, 1.165) is 16.6 Å². The summed E-state index contributed by atoms with van der Waals surface area (Å²) in [5.74, 6) is 1.62. The van der Waals surface area contributed by atoms with E-state index >= 15 is 0 Å². The van der Waals surface area contributed by atoms with Crippen molar-refractivity contribution in [1.29, 1.82) is 0 Å². The monoisotopic (exact) mass is 436 g/mol. The van der Waals surface area contributed by atoms with Crippen molar-refractivity contribution in [3.63, 3.8) is 0 Å². The first kappa shape index (κ1) is 20.5. The molecule has 0 spiro atoms. The Kier molecular flexibility index (Phi) is 5.68. The van der Waals surface area contributed by atoms with E-state index < -0.39 is 9.84 Å². The van der Waals surface area contributed by atoms with Crippen LogP contribution in [0.15, 0.2) is 72.1 Å². The van der Waals surface area contributed by atoms with Gasteiger partial charge in [0.25, 0.3) is 0 Å². The SMILES string of the molecule is COc1cc2c(Nc3cccnc3)ncnc2cc1OCc1cccc(S(C)(=O)=O)c1. The predicted octanol–water partition coefficient (Wildman–Crippen LogP) is 3.76. The Hall–Kier alpha value is -3.72. The number of pyridine rings is 1. The topological polar surface area (TPSA) is 103 Å². The molecule has 0 aliphatic heterocycles. The second-order valence-electron chi connectivity index (χ2n) is 6.82. The first-order chi connectivity index (χ1) is 14.9. The maximum atomic E-state index is 11.8. The van der Waals surface area contributed by atoms with Crippen molar-refractivity contribution in [2.24, 2.45) is 0 Å². The normalized spacial score (nSPS) is 11.3. The molecule has 4 aromatic rings. The van der Waals surface area contributed by atoms with E-state index in [-0.39, 0.29) is 11.5 Å². The summed E-state index contributed by atoms with van der Waals surface area (Å²) in [4.78, 5) is 13.0. The summed E-state index contributed by atoms with van der Waals surface area (Å²) in [6, 6.07) is 13.9. The fraction of sp³-hybridized carbons (Fsp3) is 0.136. The zero-order valence-electron chi connectivity index (χ0n) is 16.9. The molecule has 8 nitrogen and oxygen atoms in total. The van der Waals surface area contributed by atoms with Crippen LogP contribution in [0.5, 0.6) is 11.5 Å². The Bertz CT molecular complexity index is 1330. The number of benzene rings is 2. The highest BCUT2D eigenvalue weighted by atomic mass is 32.2. The standard InChI is InChI=1S/C22H20N4O4S/c1-29-20-10-18-19(24-14-25-22(18)26-16-6-4-8-23-12-16)11-21(20)30-13-15-5-3-7-17(9-15)31(2,27)28/h3-12,14H,13H2,1-2H3,(H,24,25,26). The number of hydrogen-bond donors (Lipinski definition) is 1. The molecule has 0 saturated carbocycles. The Morgan fingerprint density at radius 3 is 2.65 bits per heavy atom. The summed E-state index contributed by atoms with van der Waals surface area (Å²) in [5.41, 5.74) is 2.20. The van der Waals surface area contributed by atoms with Crippen LogP contribution >= 0.6 is 0 Å². The lowest BCUT2D eigenvalue weighted by Gasteiger charge is -2.14. The predicted molar refractivity (Wildman–Crippen MR) is 117 cm³/mol. The van der Waals surface area contributed by atoms with Gasteiger partial charge in [0.15, 0.2) is 21.3 Å². The van der Waals surface area contributed by atoms with Gasteiger partial charge in [-0.1, -0.05) is 12.1 Å². The third-order valence-corrected chi connectivity index (χ3v) is 5.68. The third-order valence-electron chi connectivity index (χ3n) is 4.57. The molecule has 2 aromatic heterocycles. The van der Waals surface area contributed by atoms with Crippen molar-refractivity contribution < 1.29 is 17.9 Å². The molecule has 0 bridgehead atoms. The van der Waals surface area contributed by atoms with Crippen molar-refractivity contribution in [2.45, 2.75) is 11.5 Å². The lowest BCUT2D eigenvalue weighted by molar-refractivity contribution is 0.285. The molecule has 1 N–H and O–H groups in total. The average molecular weight is 436 g/mol. The Morgan fingerprint density at radius 2 is 1.90 bits per heavy atom. The second-order valence-corrected chi connectivity index (χ2v) is 8.83. The maximum absolute atomic E-state index is 11.8. The van der Waals surface area contributed by atoms with Gasteiger partial charge in [0.05, 0.1) is 29.4 Å². The molecule has 0 radical (unpaired) electrons. The van der Waals surface area contributed by atoms with Crippen LogP contribution in [-0.4, -0.2) is 36.7 Å². The highest BCUT2D eigenvalue weighted by molar-refractivity contribution is 7.90. The van der Waals surface area contributed by atoms with Gasteiger partial charge in [0.1, 0.15) is 18.8 Å². The molecule has 0 amide bonds. The number of sulfone groups is 1. The Labute approximate surface area is 179 Å². The lowest BCUT2D eigenvalue weighted by Crippen LogP contribution is -2.02. The molecule has 158 valence electrons. The van der Waals surface area contributed by atoms with Crippen molar-refractivity contribution >= 4 is 32.2 Å². The van der Waals surface area contributed by atoms with E-state index in [9.17, 15) is 8.42 Å². The molecule has 2 aromatic carbocycles. The smallest absolute Gasteiger partial charge is 0.175 e. The fourth-order valence-corrected chi connectivity index (χ4v) is 3.73. The van der Waals surface area contributed by atoms with Gasteiger partial charge in [-0.15, -0.1) is 0 Å². The molecule has 9 heteroatoms. The summed E-state index contributed by atoms with van der Waals surface area (Å²) >= 11 is 0. The van der Waals surface area contributed by atoms with Gasteiger partial charge in [-0.2, -0.15) is 0 Å². The number of aromatic nitrogens is 3. The van der Waals surface area contributed by atoms with Crippen LogP contribution in [0.2, 0.25) is 0 Å². The van der Waals surface area contributed by atoms with E-state index in [0.29, 0.717) is 22.8 Å². The fourth-order valence-electron chi connectivity index (χ4n) is 3.04. The van der Waals surface area contributed by atoms with Crippen molar-refractivity contribution in [2.75, 3.05) is 18.7 Å². The zero-order valence-corrected chi connectivity index (χ0v) is 17.8. The van der Waals surface area contributed by atoms with E-state index in [4.69, 9.17) is 9.47 Å². The molecule has 0 aliphatic rings. The van der Waals surface area contributed by atoms with Gasteiger partial charge in [-0.25, -0.2) is 18.4 Å². The molecule has 0 atom stereocenters. The van der Waals surface area contributed by atoms with Gasteiger partial charge in [-0.3, -0.25) is 4.98 Å². The maximum Gasteiger partial charge on any atom is 0.175 e. The lowest BCUT2D eigenvalue weighted by atomic mass is 10.2. The Morgan fingerprint density at radius 1 is 1.03 bits per heavy atom. The number of nitrogens with zero attached hydrogens (tertiary/aromatic N) is 3. The minimum absolute atomic E-state index is 0.178. The number of hydrogen-bond acceptors (Lipinski definition) is 8. The highest BCUT2D eigenvalue weighted by Gasteiger charge is 2.13. The number of rotatable bonds is 7. The van der Waals surface area contributed by atoms with E-state index in [2.05, 4.69) is 20.3 Å². The molecule has 0 saturated heterocycles. The molecule has 0 aliphatic carbocycles. The highest BCUT2D eigenvalue weighted by Crippen LogP contribution is 2.35. The zero-order chi connectivity index (χ0) is 21.8. The second kappa shape index (κ2) is 8.57. The van der Waals surface area contributed by atoms with Crippen LogP contribution in [0, 0.1) is 0 Å². The van der Waals surface area contributed by atoms with Gasteiger partial charge in [-0.05, 0) is 35.9 Å². The van der Waals surface area contributed by atoms with Crippen LogP contribution in [-0.2, 0) is 16.4 Å². The minimum atomic E-state index is -3.29. The van der Waals surface area contributed by atoms with Gasteiger partial charge in [0, 0.05) is 23.9 Å². The summed E-state index contributed by atoms with van der Waals surface area (Å²) in [6.45, 7) is 0.178. The van der Waals surface area contributed by atoms with Crippen LogP contribution in [0.4, 0.5) is 11.5 Å². The minimum Gasteiger partial charge on any atom is -0.493 e. The van der Waals surface area contributed by atoms with Crippen LogP contribution in [0.3, 0.4) is 0 Å². The Balaban J connectivity index is 1.63. The summed E-state index contributed by atoms with van der Waals surface area (Å²) < 4.78 is 35.0. The van der Waals surface area contributed by atoms with Crippen LogP contribution < -0.4 is 14.8 Å². The summed E-state index contributed by atoms with van der Waals surface area (Å²) in [6.07, 6.45) is 6.04. The largest absolute Gasteiger partial charge is 0.493 e. The molecular weight excluding hydrogens is 416 g/mol. The molecule has 4 rings (SSSR count). The third kappa shape index (κ3) is 4.72. The molecule has 31 heavy (non-hydrogen) atoms. The van der Waals surface area contributed by atoms with Crippen molar-refractivity contribution in [3.05, 3.63) is 72.8 Å². The number of methoxy groups -OCH3 is 1. The number of nitrogens with one attached hydrogen (secondary N) is 1. The summed E-state index contributed by atoms with van der Waals surface area (Å²) in [5, 5.41) is 3.99. The number of fused-ring (bicyclic) bond motifs is 1. The average Bonchev–Trinajstić information content (AvgIpc) is 2.77. The number of ether oxygens (including phenoxy) is 2. The first-order valence-corrected chi connectivity index (χ1v) is 11.2. The van der Waals surface area contributed by atoms with Crippen molar-refractivity contribution in [3.8, 4) is 11.5 Å². The van der Waals surface area contributed by atoms with Crippen LogP contribution in [0.1, 0.15) is 5.56 Å². The van der Waals surface area contributed by atoms with E-state index in [1.54, 1.807) is 55.9 Å². The van der Waals surface area contributed by atoms with Gasteiger partial charge in [0.2, 0.25) is 0 Å². The molecular formula is C22H20N4O4S. The van der Waals surface area contributed by atoms with Gasteiger partial charge < -0.3 is 14.8 Å². The molecule has 0 unspecified atom stereocenters. The van der Waals surface area contributed by atoms with E-state index in [1.807, 2.05) is 12.1 Å². The molecule has 0 fully saturated rings. The number of anilines is 2. The first-order valence-electron chi connectivity index (χ1n) is 9.35. The van der Waals surface area contributed by atoms with Gasteiger partial charge >= 0.3 is 0 Å².